The summed E-state index contributed by atoms with van der Waals surface area (Å²) in [6.07, 6.45) is 1.44. The van der Waals surface area contributed by atoms with E-state index in [1.54, 1.807) is 43.5 Å². The Hall–Kier alpha value is -3.55. The van der Waals surface area contributed by atoms with Gasteiger partial charge in [-0.2, -0.15) is 4.68 Å². The number of hydrogen-bond donors (Lipinski definition) is 0. The van der Waals surface area contributed by atoms with Gasteiger partial charge in [0, 0.05) is 0 Å². The van der Waals surface area contributed by atoms with Crippen LogP contribution in [-0.2, 0) is 6.54 Å². The van der Waals surface area contributed by atoms with E-state index < -0.39 is 0 Å². The Labute approximate surface area is 147 Å². The number of benzene rings is 2. The highest BCUT2D eigenvalue weighted by atomic mass is 19.1. The average molecular weight is 351 g/mol. The first-order valence-electron chi connectivity index (χ1n) is 7.85. The van der Waals surface area contributed by atoms with E-state index in [0.29, 0.717) is 11.4 Å². The monoisotopic (exact) mass is 351 g/mol. The molecule has 0 aliphatic rings. The number of fused-ring (bicyclic) bond motifs is 1. The van der Waals surface area contributed by atoms with Crippen molar-refractivity contribution in [3.05, 3.63) is 76.6 Å². The maximum Gasteiger partial charge on any atom is 0.283 e. The largest absolute Gasteiger partial charge is 0.497 e. The van der Waals surface area contributed by atoms with Gasteiger partial charge in [-0.1, -0.05) is 17.3 Å². The number of rotatable bonds is 4. The Morgan fingerprint density at radius 1 is 1.08 bits per heavy atom. The SMILES string of the molecule is COc1ccc(-n2nnc3c(=O)n(Cc4ccc(F)cc4)cnc32)cc1. The van der Waals surface area contributed by atoms with Crippen LogP contribution in [0.1, 0.15) is 5.56 Å². The van der Waals surface area contributed by atoms with Crippen molar-refractivity contribution in [3.63, 3.8) is 0 Å². The van der Waals surface area contributed by atoms with E-state index in [4.69, 9.17) is 4.74 Å². The molecule has 4 rings (SSSR count). The summed E-state index contributed by atoms with van der Waals surface area (Å²) in [6.45, 7) is 0.275. The van der Waals surface area contributed by atoms with Crippen LogP contribution in [0.3, 0.4) is 0 Å². The summed E-state index contributed by atoms with van der Waals surface area (Å²) in [6, 6.07) is 13.1. The molecule has 4 aromatic rings. The number of halogens is 1. The highest BCUT2D eigenvalue weighted by molar-refractivity contribution is 5.70. The van der Waals surface area contributed by atoms with Gasteiger partial charge in [0.15, 0.2) is 11.2 Å². The summed E-state index contributed by atoms with van der Waals surface area (Å²) < 4.78 is 21.1. The zero-order chi connectivity index (χ0) is 18.1. The molecular formula is C18H14FN5O2. The van der Waals surface area contributed by atoms with E-state index in [0.717, 1.165) is 11.3 Å². The summed E-state index contributed by atoms with van der Waals surface area (Å²) >= 11 is 0. The summed E-state index contributed by atoms with van der Waals surface area (Å²) in [4.78, 5) is 17.0. The first-order valence-corrected chi connectivity index (χ1v) is 7.85. The van der Waals surface area contributed by atoms with E-state index in [1.807, 2.05) is 0 Å². The number of nitrogens with zero attached hydrogens (tertiary/aromatic N) is 5. The summed E-state index contributed by atoms with van der Waals surface area (Å²) in [5.74, 6) is 0.393. The highest BCUT2D eigenvalue weighted by Gasteiger charge is 2.13. The van der Waals surface area contributed by atoms with E-state index in [1.165, 1.54) is 27.7 Å². The van der Waals surface area contributed by atoms with Gasteiger partial charge in [-0.3, -0.25) is 9.36 Å². The smallest absolute Gasteiger partial charge is 0.283 e. The Balaban J connectivity index is 1.72. The van der Waals surface area contributed by atoms with E-state index >= 15 is 0 Å². The summed E-state index contributed by atoms with van der Waals surface area (Å²) in [7, 11) is 1.59. The number of methoxy groups -OCH3 is 1. The number of aromatic nitrogens is 5. The lowest BCUT2D eigenvalue weighted by Gasteiger charge is -2.06. The maximum atomic E-state index is 13.0. The zero-order valence-corrected chi connectivity index (χ0v) is 13.8. The molecule has 0 amide bonds. The molecule has 0 fully saturated rings. The maximum absolute atomic E-state index is 13.0. The molecule has 2 aromatic heterocycles. The Bertz CT molecular complexity index is 1120. The van der Waals surface area contributed by atoms with Crippen LogP contribution in [0.2, 0.25) is 0 Å². The topological polar surface area (TPSA) is 74.8 Å². The fourth-order valence-corrected chi connectivity index (χ4v) is 2.64. The molecule has 0 saturated carbocycles. The van der Waals surface area contributed by atoms with Gasteiger partial charge in [0.2, 0.25) is 0 Å². The van der Waals surface area contributed by atoms with E-state index in [9.17, 15) is 9.18 Å². The first-order chi connectivity index (χ1) is 12.7. The highest BCUT2D eigenvalue weighted by Crippen LogP contribution is 2.16. The standard InChI is InChI=1S/C18H14FN5O2/c1-26-15-8-6-14(7-9-15)24-17-16(21-22-24)18(25)23(11-20-17)10-12-2-4-13(19)5-3-12/h2-9,11H,10H2,1H3. The minimum absolute atomic E-state index is 0.172. The lowest BCUT2D eigenvalue weighted by molar-refractivity contribution is 0.414. The molecule has 0 N–H and O–H groups in total. The molecule has 0 saturated heterocycles. The third kappa shape index (κ3) is 2.81. The molecule has 0 bridgehead atoms. The summed E-state index contributed by atoms with van der Waals surface area (Å²) in [5.41, 5.74) is 1.74. The van der Waals surface area contributed by atoms with Gasteiger partial charge >= 0.3 is 0 Å². The number of hydrogen-bond acceptors (Lipinski definition) is 5. The van der Waals surface area contributed by atoms with Gasteiger partial charge in [0.1, 0.15) is 17.9 Å². The van der Waals surface area contributed by atoms with Crippen LogP contribution in [0.15, 0.2) is 59.7 Å². The van der Waals surface area contributed by atoms with Crippen molar-refractivity contribution in [2.24, 2.45) is 0 Å². The molecule has 0 atom stereocenters. The van der Waals surface area contributed by atoms with Crippen molar-refractivity contribution in [2.45, 2.75) is 6.54 Å². The fourth-order valence-electron chi connectivity index (χ4n) is 2.64. The van der Waals surface area contributed by atoms with Crippen molar-refractivity contribution in [1.29, 1.82) is 0 Å². The van der Waals surface area contributed by atoms with Gasteiger partial charge < -0.3 is 4.74 Å². The lowest BCUT2D eigenvalue weighted by atomic mass is 10.2. The van der Waals surface area contributed by atoms with Crippen molar-refractivity contribution >= 4 is 11.2 Å². The van der Waals surface area contributed by atoms with Gasteiger partial charge in [-0.25, -0.2) is 9.37 Å². The molecule has 0 spiro atoms. The second-order valence-electron chi connectivity index (χ2n) is 5.68. The van der Waals surface area contributed by atoms with Crippen LogP contribution in [0, 0.1) is 5.82 Å². The molecule has 0 aliphatic heterocycles. The van der Waals surface area contributed by atoms with Gasteiger partial charge in [-0.15, -0.1) is 5.10 Å². The lowest BCUT2D eigenvalue weighted by Crippen LogP contribution is -2.21. The van der Waals surface area contributed by atoms with E-state index in [-0.39, 0.29) is 23.4 Å². The third-order valence-corrected chi connectivity index (χ3v) is 4.01. The van der Waals surface area contributed by atoms with Gasteiger partial charge in [-0.05, 0) is 42.0 Å². The molecule has 8 heteroatoms. The van der Waals surface area contributed by atoms with Crippen molar-refractivity contribution in [3.8, 4) is 11.4 Å². The molecule has 2 heterocycles. The molecule has 0 unspecified atom stereocenters. The van der Waals surface area contributed by atoms with Crippen LogP contribution in [0.5, 0.6) is 5.75 Å². The molecule has 130 valence electrons. The second kappa shape index (κ2) is 6.40. The minimum Gasteiger partial charge on any atom is -0.497 e. The molecule has 0 aliphatic carbocycles. The van der Waals surface area contributed by atoms with Crippen LogP contribution in [0.25, 0.3) is 16.9 Å². The molecule has 7 nitrogen and oxygen atoms in total. The molecule has 26 heavy (non-hydrogen) atoms. The zero-order valence-electron chi connectivity index (χ0n) is 13.8. The predicted octanol–water partition coefficient (Wildman–Crippen LogP) is 2.17. The van der Waals surface area contributed by atoms with Crippen molar-refractivity contribution in [2.75, 3.05) is 7.11 Å². The molecular weight excluding hydrogens is 337 g/mol. The van der Waals surface area contributed by atoms with Gasteiger partial charge in [0.05, 0.1) is 19.3 Å². The van der Waals surface area contributed by atoms with Crippen LogP contribution < -0.4 is 10.3 Å². The first kappa shape index (κ1) is 15.9. The predicted molar refractivity (Wildman–Crippen MR) is 93.0 cm³/mol. The van der Waals surface area contributed by atoms with Gasteiger partial charge in [0.25, 0.3) is 5.56 Å². The Morgan fingerprint density at radius 3 is 2.50 bits per heavy atom. The van der Waals surface area contributed by atoms with Crippen molar-refractivity contribution in [1.82, 2.24) is 24.5 Å². The quantitative estimate of drug-likeness (QED) is 0.563. The summed E-state index contributed by atoms with van der Waals surface area (Å²) in [5, 5.41) is 8.02. The van der Waals surface area contributed by atoms with Crippen molar-refractivity contribution < 1.29 is 9.13 Å². The second-order valence-corrected chi connectivity index (χ2v) is 5.68. The van der Waals surface area contributed by atoms with Crippen LogP contribution >= 0.6 is 0 Å². The fraction of sp³-hybridized carbons (Fsp3) is 0.111. The Morgan fingerprint density at radius 2 is 1.81 bits per heavy atom. The van der Waals surface area contributed by atoms with Crippen LogP contribution in [-0.4, -0.2) is 31.7 Å². The Kier molecular flexibility index (Phi) is 3.92. The third-order valence-electron chi connectivity index (χ3n) is 4.01. The average Bonchev–Trinajstić information content (AvgIpc) is 3.11. The number of ether oxygens (including phenoxy) is 1. The molecule has 2 aromatic carbocycles. The molecule has 0 radical (unpaired) electrons. The van der Waals surface area contributed by atoms with E-state index in [2.05, 4.69) is 15.3 Å². The van der Waals surface area contributed by atoms with Crippen LogP contribution in [0.4, 0.5) is 4.39 Å². The normalized spacial score (nSPS) is 11.0. The minimum atomic E-state index is -0.322.